The van der Waals surface area contributed by atoms with E-state index >= 15 is 0 Å². The highest BCUT2D eigenvalue weighted by molar-refractivity contribution is 9.10. The summed E-state index contributed by atoms with van der Waals surface area (Å²) in [5.74, 6) is 0.000584. The van der Waals surface area contributed by atoms with Gasteiger partial charge in [-0.15, -0.1) is 0 Å². The molecule has 0 spiro atoms. The summed E-state index contributed by atoms with van der Waals surface area (Å²) in [6.07, 6.45) is 7.14. The third-order valence-corrected chi connectivity index (χ3v) is 3.50. The fourth-order valence-electron chi connectivity index (χ4n) is 2.09. The smallest absolute Gasteiger partial charge is 0.188 e. The molecule has 0 aliphatic heterocycles. The van der Waals surface area contributed by atoms with E-state index in [-0.39, 0.29) is 17.7 Å². The minimum Gasteiger partial charge on any atom is -0.324 e. The Hall–Kier alpha value is -0.940. The van der Waals surface area contributed by atoms with Gasteiger partial charge in [-0.1, -0.05) is 19.1 Å². The molecule has 92 valence electrons. The van der Waals surface area contributed by atoms with Gasteiger partial charge in [0.05, 0.1) is 10.7 Å². The summed E-state index contributed by atoms with van der Waals surface area (Å²) < 4.78 is 2.54. The van der Waals surface area contributed by atoms with Gasteiger partial charge in [0.2, 0.25) is 0 Å². The van der Waals surface area contributed by atoms with Crippen LogP contribution in [0.1, 0.15) is 30.3 Å². The van der Waals surface area contributed by atoms with Gasteiger partial charge in [-0.2, -0.15) is 5.10 Å². The molecule has 0 fully saturated rings. The van der Waals surface area contributed by atoms with Crippen LogP contribution in [0.5, 0.6) is 0 Å². The van der Waals surface area contributed by atoms with Crippen LogP contribution in [-0.2, 0) is 6.54 Å². The Morgan fingerprint density at radius 3 is 3.00 bits per heavy atom. The second-order valence-electron chi connectivity index (χ2n) is 4.32. The number of hydrogen-bond donors (Lipinski definition) is 1. The zero-order chi connectivity index (χ0) is 12.4. The summed E-state index contributed by atoms with van der Waals surface area (Å²) >= 11 is 3.39. The summed E-state index contributed by atoms with van der Waals surface area (Å²) in [7, 11) is 0. The minimum absolute atomic E-state index is 0.00488. The van der Waals surface area contributed by atoms with Crippen molar-refractivity contribution in [2.24, 2.45) is 11.7 Å². The number of hydrogen-bond acceptors (Lipinski definition) is 3. The van der Waals surface area contributed by atoms with Crippen LogP contribution in [0.2, 0.25) is 0 Å². The number of halogens is 1. The Balaban J connectivity index is 2.24. The molecule has 5 heteroatoms. The van der Waals surface area contributed by atoms with E-state index in [1.165, 1.54) is 0 Å². The summed E-state index contributed by atoms with van der Waals surface area (Å²) in [5, 5.41) is 4.21. The number of rotatable bonds is 4. The highest BCUT2D eigenvalue weighted by atomic mass is 79.9. The number of nitrogens with zero attached hydrogens (tertiary/aromatic N) is 2. The highest BCUT2D eigenvalue weighted by Crippen LogP contribution is 2.25. The Kier molecular flexibility index (Phi) is 3.79. The number of Topliss-reactive ketones (excluding diaryl/α,β-unsaturated/α-hetero) is 1. The zero-order valence-electron chi connectivity index (χ0n) is 9.77. The minimum atomic E-state index is -0.103. The van der Waals surface area contributed by atoms with Crippen LogP contribution < -0.4 is 5.73 Å². The first kappa shape index (κ1) is 12.5. The first-order chi connectivity index (χ1) is 8.13. The van der Waals surface area contributed by atoms with Crippen molar-refractivity contribution in [1.29, 1.82) is 0 Å². The van der Waals surface area contributed by atoms with Crippen LogP contribution in [0.4, 0.5) is 0 Å². The summed E-state index contributed by atoms with van der Waals surface area (Å²) in [5.41, 5.74) is 6.44. The van der Waals surface area contributed by atoms with Crippen LogP contribution in [0, 0.1) is 5.92 Å². The maximum absolute atomic E-state index is 12.4. The van der Waals surface area contributed by atoms with Gasteiger partial charge in [-0.05, 0) is 28.8 Å². The number of aryl methyl sites for hydroxylation is 1. The van der Waals surface area contributed by atoms with Gasteiger partial charge in [0, 0.05) is 18.5 Å². The van der Waals surface area contributed by atoms with Crippen molar-refractivity contribution in [2.45, 2.75) is 32.4 Å². The first-order valence-corrected chi connectivity index (χ1v) is 6.62. The van der Waals surface area contributed by atoms with E-state index in [1.54, 1.807) is 10.9 Å². The van der Waals surface area contributed by atoms with Crippen molar-refractivity contribution in [2.75, 3.05) is 0 Å². The molecule has 17 heavy (non-hydrogen) atoms. The lowest BCUT2D eigenvalue weighted by Gasteiger charge is -2.10. The topological polar surface area (TPSA) is 60.9 Å². The standard InChI is InChI=1S/C12H16BrN3O/c1-2-5-16-11(10(13)7-15-16)12(17)8-3-4-9(14)6-8/h3-4,7-9H,2,5-6,14H2,1H3. The molecule has 0 radical (unpaired) electrons. The van der Waals surface area contributed by atoms with Gasteiger partial charge in [0.1, 0.15) is 5.69 Å². The molecule has 2 unspecified atom stereocenters. The van der Waals surface area contributed by atoms with Gasteiger partial charge in [-0.25, -0.2) is 0 Å². The molecular formula is C12H16BrN3O. The van der Waals surface area contributed by atoms with Crippen molar-refractivity contribution < 1.29 is 4.79 Å². The van der Waals surface area contributed by atoms with E-state index in [0.29, 0.717) is 12.1 Å². The Bertz CT molecular complexity index is 453. The average molecular weight is 298 g/mol. The maximum atomic E-state index is 12.4. The van der Waals surface area contributed by atoms with Crippen LogP contribution in [0.25, 0.3) is 0 Å². The molecule has 1 aromatic rings. The van der Waals surface area contributed by atoms with Crippen molar-refractivity contribution >= 4 is 21.7 Å². The Morgan fingerprint density at radius 1 is 1.65 bits per heavy atom. The van der Waals surface area contributed by atoms with E-state index in [4.69, 9.17) is 5.73 Å². The van der Waals surface area contributed by atoms with E-state index < -0.39 is 0 Å². The number of allylic oxidation sites excluding steroid dienone is 1. The predicted molar refractivity (Wildman–Crippen MR) is 69.8 cm³/mol. The molecule has 2 rings (SSSR count). The number of carbonyl (C=O) groups excluding carboxylic acids is 1. The van der Waals surface area contributed by atoms with E-state index in [2.05, 4.69) is 28.0 Å². The van der Waals surface area contributed by atoms with Gasteiger partial charge in [-0.3, -0.25) is 9.48 Å². The molecular weight excluding hydrogens is 282 g/mol. The molecule has 4 nitrogen and oxygen atoms in total. The summed E-state index contributed by atoms with van der Waals surface area (Å²) in [6, 6.07) is 0.00488. The number of ketones is 1. The number of carbonyl (C=O) groups is 1. The molecule has 0 bridgehead atoms. The van der Waals surface area contributed by atoms with Crippen LogP contribution >= 0.6 is 15.9 Å². The quantitative estimate of drug-likeness (QED) is 0.684. The molecule has 0 amide bonds. The molecule has 2 N–H and O–H groups in total. The van der Waals surface area contributed by atoms with Gasteiger partial charge >= 0.3 is 0 Å². The lowest BCUT2D eigenvalue weighted by molar-refractivity contribution is 0.0931. The predicted octanol–water partition coefficient (Wildman–Crippen LogP) is 2.14. The molecule has 1 aliphatic rings. The van der Waals surface area contributed by atoms with Crippen molar-refractivity contribution in [3.8, 4) is 0 Å². The summed E-state index contributed by atoms with van der Waals surface area (Å²) in [6.45, 7) is 2.82. The third-order valence-electron chi connectivity index (χ3n) is 2.92. The Labute approximate surface area is 109 Å². The number of aromatic nitrogens is 2. The molecule has 0 saturated carbocycles. The SMILES string of the molecule is CCCn1ncc(Br)c1C(=O)C1C=CC(N)C1. The summed E-state index contributed by atoms with van der Waals surface area (Å²) in [4.78, 5) is 12.4. The normalized spacial score (nSPS) is 23.2. The first-order valence-electron chi connectivity index (χ1n) is 5.83. The Morgan fingerprint density at radius 2 is 2.41 bits per heavy atom. The van der Waals surface area contributed by atoms with Crippen LogP contribution in [0.15, 0.2) is 22.8 Å². The maximum Gasteiger partial charge on any atom is 0.188 e. The van der Waals surface area contributed by atoms with Crippen molar-refractivity contribution in [3.63, 3.8) is 0 Å². The monoisotopic (exact) mass is 297 g/mol. The molecule has 1 aromatic heterocycles. The second-order valence-corrected chi connectivity index (χ2v) is 5.17. The second kappa shape index (κ2) is 5.14. The molecule has 0 saturated heterocycles. The van der Waals surface area contributed by atoms with Gasteiger partial charge in [0.15, 0.2) is 5.78 Å². The van der Waals surface area contributed by atoms with E-state index in [0.717, 1.165) is 17.4 Å². The largest absolute Gasteiger partial charge is 0.324 e. The molecule has 0 aromatic carbocycles. The fraction of sp³-hybridized carbons (Fsp3) is 0.500. The van der Waals surface area contributed by atoms with Gasteiger partial charge in [0.25, 0.3) is 0 Å². The molecule has 2 atom stereocenters. The molecule has 1 aliphatic carbocycles. The molecule has 1 heterocycles. The van der Waals surface area contributed by atoms with Crippen LogP contribution in [0.3, 0.4) is 0 Å². The van der Waals surface area contributed by atoms with Crippen molar-refractivity contribution in [3.05, 3.63) is 28.5 Å². The average Bonchev–Trinajstić information content (AvgIpc) is 2.86. The lowest BCUT2D eigenvalue weighted by atomic mass is 10.0. The fourth-order valence-corrected chi connectivity index (χ4v) is 2.58. The van der Waals surface area contributed by atoms with E-state index in [1.807, 2.05) is 12.2 Å². The number of nitrogens with two attached hydrogens (primary N) is 1. The zero-order valence-corrected chi connectivity index (χ0v) is 11.4. The highest BCUT2D eigenvalue weighted by Gasteiger charge is 2.27. The third kappa shape index (κ3) is 2.50. The van der Waals surface area contributed by atoms with Crippen molar-refractivity contribution in [1.82, 2.24) is 9.78 Å². The lowest BCUT2D eigenvalue weighted by Crippen LogP contribution is -2.21. The van der Waals surface area contributed by atoms with Gasteiger partial charge < -0.3 is 5.73 Å². The van der Waals surface area contributed by atoms with E-state index in [9.17, 15) is 4.79 Å². The van der Waals surface area contributed by atoms with Crippen LogP contribution in [-0.4, -0.2) is 21.6 Å².